The summed E-state index contributed by atoms with van der Waals surface area (Å²) in [5, 5.41) is 7.13. The Hall–Kier alpha value is -2.89. The van der Waals surface area contributed by atoms with Crippen LogP contribution in [0.15, 0.2) is 48.9 Å². The van der Waals surface area contributed by atoms with Crippen LogP contribution in [0.3, 0.4) is 0 Å². The van der Waals surface area contributed by atoms with Gasteiger partial charge in [0.2, 0.25) is 11.9 Å². The Morgan fingerprint density at radius 2 is 2.00 bits per heavy atom. The van der Waals surface area contributed by atoms with Crippen LogP contribution in [-0.4, -0.2) is 27.0 Å². The third-order valence-corrected chi connectivity index (χ3v) is 3.63. The Labute approximate surface area is 134 Å². The quantitative estimate of drug-likeness (QED) is 0.687. The number of amides is 1. The first-order valence-corrected chi connectivity index (χ1v) is 7.59. The van der Waals surface area contributed by atoms with Gasteiger partial charge >= 0.3 is 0 Å². The predicted octanol–water partition coefficient (Wildman–Crippen LogP) is 2.80. The molecule has 0 unspecified atom stereocenters. The third kappa shape index (κ3) is 3.66. The van der Waals surface area contributed by atoms with Gasteiger partial charge in [-0.3, -0.25) is 4.79 Å². The van der Waals surface area contributed by atoms with Crippen LogP contribution < -0.4 is 10.6 Å². The lowest BCUT2D eigenvalue weighted by molar-refractivity contribution is -0.116. The lowest BCUT2D eigenvalue weighted by atomic mass is 10.2. The number of benzene rings is 1. The van der Waals surface area contributed by atoms with Crippen molar-refractivity contribution in [3.8, 4) is 0 Å². The first kappa shape index (κ1) is 15.0. The molecule has 0 aliphatic carbocycles. The summed E-state index contributed by atoms with van der Waals surface area (Å²) in [7, 11) is 1.99. The van der Waals surface area contributed by atoms with Crippen molar-refractivity contribution in [2.24, 2.45) is 7.05 Å². The average Bonchev–Trinajstić information content (AvgIpc) is 2.95. The third-order valence-electron chi connectivity index (χ3n) is 3.63. The van der Waals surface area contributed by atoms with E-state index in [1.165, 1.54) is 0 Å². The van der Waals surface area contributed by atoms with Crippen molar-refractivity contribution in [2.75, 3.05) is 17.2 Å². The number of nitrogens with zero attached hydrogens (tertiary/aromatic N) is 3. The summed E-state index contributed by atoms with van der Waals surface area (Å²) in [6, 6.07) is 9.69. The lowest BCUT2D eigenvalue weighted by Gasteiger charge is -2.08. The zero-order chi connectivity index (χ0) is 16.1. The minimum Gasteiger partial charge on any atom is -0.354 e. The monoisotopic (exact) mass is 309 g/mol. The maximum atomic E-state index is 12.1. The zero-order valence-electron chi connectivity index (χ0n) is 13.0. The molecule has 0 spiro atoms. The van der Waals surface area contributed by atoms with Crippen LogP contribution in [0.1, 0.15) is 12.8 Å². The number of carbonyl (C=O) groups is 1. The molecule has 2 N–H and O–H groups in total. The molecule has 0 aliphatic rings. The van der Waals surface area contributed by atoms with Crippen molar-refractivity contribution in [1.82, 2.24) is 14.5 Å². The molecular weight excluding hydrogens is 290 g/mol. The van der Waals surface area contributed by atoms with Crippen molar-refractivity contribution >= 4 is 28.4 Å². The van der Waals surface area contributed by atoms with Gasteiger partial charge in [0.25, 0.3) is 0 Å². The molecule has 3 aromatic rings. The van der Waals surface area contributed by atoms with Gasteiger partial charge in [0, 0.05) is 49.5 Å². The summed E-state index contributed by atoms with van der Waals surface area (Å²) in [5.41, 5.74) is 1.96. The highest BCUT2D eigenvalue weighted by Gasteiger charge is 2.07. The molecule has 0 atom stereocenters. The number of anilines is 2. The van der Waals surface area contributed by atoms with Crippen LogP contribution in [0.2, 0.25) is 0 Å². The summed E-state index contributed by atoms with van der Waals surface area (Å²) in [6.45, 7) is 0.660. The number of nitrogens with one attached hydrogen (secondary N) is 2. The molecule has 0 radical (unpaired) electrons. The van der Waals surface area contributed by atoms with E-state index >= 15 is 0 Å². The molecular formula is C17H19N5O. The standard InChI is InChI=1S/C17H19N5O/c1-22-12-8-13-14(5-2-6-15(13)22)21-16(23)7-3-9-18-17-19-10-4-11-20-17/h2,4-6,8,10-12H,3,7,9H2,1H3,(H,21,23)(H,18,19,20). The summed E-state index contributed by atoms with van der Waals surface area (Å²) >= 11 is 0. The molecule has 0 bridgehead atoms. The molecule has 0 fully saturated rings. The fourth-order valence-corrected chi connectivity index (χ4v) is 2.46. The van der Waals surface area contributed by atoms with Crippen molar-refractivity contribution in [3.63, 3.8) is 0 Å². The number of rotatable bonds is 6. The van der Waals surface area contributed by atoms with Crippen LogP contribution >= 0.6 is 0 Å². The van der Waals surface area contributed by atoms with Gasteiger partial charge in [-0.05, 0) is 30.7 Å². The van der Waals surface area contributed by atoms with E-state index in [1.54, 1.807) is 18.5 Å². The van der Waals surface area contributed by atoms with Gasteiger partial charge < -0.3 is 15.2 Å². The molecule has 3 rings (SSSR count). The van der Waals surface area contributed by atoms with E-state index in [-0.39, 0.29) is 5.91 Å². The van der Waals surface area contributed by atoms with Crippen LogP contribution in [0.25, 0.3) is 10.9 Å². The number of hydrogen-bond donors (Lipinski definition) is 2. The van der Waals surface area contributed by atoms with Crippen LogP contribution in [0.5, 0.6) is 0 Å². The molecule has 2 heterocycles. The van der Waals surface area contributed by atoms with E-state index in [1.807, 2.05) is 42.1 Å². The smallest absolute Gasteiger partial charge is 0.224 e. The zero-order valence-corrected chi connectivity index (χ0v) is 13.0. The van der Waals surface area contributed by atoms with Gasteiger partial charge in [-0.15, -0.1) is 0 Å². The second-order valence-corrected chi connectivity index (χ2v) is 5.32. The normalized spacial score (nSPS) is 10.7. The largest absolute Gasteiger partial charge is 0.354 e. The van der Waals surface area contributed by atoms with Crippen molar-refractivity contribution in [1.29, 1.82) is 0 Å². The Balaban J connectivity index is 1.51. The number of aromatic nitrogens is 3. The van der Waals surface area contributed by atoms with Crippen LogP contribution in [-0.2, 0) is 11.8 Å². The van der Waals surface area contributed by atoms with E-state index < -0.39 is 0 Å². The molecule has 6 heteroatoms. The molecule has 0 aliphatic heterocycles. The lowest BCUT2D eigenvalue weighted by Crippen LogP contribution is -2.14. The topological polar surface area (TPSA) is 71.8 Å². The van der Waals surface area contributed by atoms with Crippen LogP contribution in [0, 0.1) is 0 Å². The van der Waals surface area contributed by atoms with Crippen molar-refractivity contribution in [2.45, 2.75) is 12.8 Å². The van der Waals surface area contributed by atoms with E-state index in [9.17, 15) is 4.79 Å². The molecule has 2 aromatic heterocycles. The van der Waals surface area contributed by atoms with Gasteiger partial charge in [0.15, 0.2) is 0 Å². The molecule has 118 valence electrons. The highest BCUT2D eigenvalue weighted by Crippen LogP contribution is 2.23. The molecule has 1 amide bonds. The Morgan fingerprint density at radius 3 is 2.83 bits per heavy atom. The summed E-state index contributed by atoms with van der Waals surface area (Å²) in [4.78, 5) is 20.2. The highest BCUT2D eigenvalue weighted by atomic mass is 16.1. The van der Waals surface area contributed by atoms with Gasteiger partial charge in [-0.2, -0.15) is 0 Å². The first-order valence-electron chi connectivity index (χ1n) is 7.59. The molecule has 6 nitrogen and oxygen atoms in total. The fraction of sp³-hybridized carbons (Fsp3) is 0.235. The fourth-order valence-electron chi connectivity index (χ4n) is 2.46. The number of fused-ring (bicyclic) bond motifs is 1. The van der Waals surface area contributed by atoms with Gasteiger partial charge in [0.1, 0.15) is 0 Å². The van der Waals surface area contributed by atoms with Crippen molar-refractivity contribution < 1.29 is 4.79 Å². The molecule has 0 saturated heterocycles. The Bertz CT molecular complexity index is 797. The van der Waals surface area contributed by atoms with E-state index in [0.717, 1.165) is 23.0 Å². The SMILES string of the molecule is Cn1ccc2c(NC(=O)CCCNc3ncccn3)cccc21. The van der Waals surface area contributed by atoms with Gasteiger partial charge in [0.05, 0.1) is 5.69 Å². The average molecular weight is 309 g/mol. The number of carbonyl (C=O) groups excluding carboxylic acids is 1. The van der Waals surface area contributed by atoms with E-state index in [0.29, 0.717) is 18.9 Å². The van der Waals surface area contributed by atoms with Gasteiger partial charge in [-0.25, -0.2) is 9.97 Å². The summed E-state index contributed by atoms with van der Waals surface area (Å²) in [5.74, 6) is 0.596. The van der Waals surface area contributed by atoms with E-state index in [2.05, 4.69) is 20.6 Å². The number of aryl methyl sites for hydroxylation is 1. The second-order valence-electron chi connectivity index (χ2n) is 5.32. The second kappa shape index (κ2) is 6.91. The minimum absolute atomic E-state index is 0.0112. The van der Waals surface area contributed by atoms with Crippen LogP contribution in [0.4, 0.5) is 11.6 Å². The summed E-state index contributed by atoms with van der Waals surface area (Å²) in [6.07, 6.45) is 6.52. The first-order chi connectivity index (χ1) is 11.2. The minimum atomic E-state index is 0.0112. The predicted molar refractivity (Wildman–Crippen MR) is 91.3 cm³/mol. The maximum absolute atomic E-state index is 12.1. The molecule has 1 aromatic carbocycles. The molecule has 0 saturated carbocycles. The van der Waals surface area contributed by atoms with E-state index in [4.69, 9.17) is 0 Å². The highest BCUT2D eigenvalue weighted by molar-refractivity contribution is 6.01. The summed E-state index contributed by atoms with van der Waals surface area (Å²) < 4.78 is 2.04. The maximum Gasteiger partial charge on any atom is 0.224 e. The van der Waals surface area contributed by atoms with Crippen molar-refractivity contribution in [3.05, 3.63) is 48.9 Å². The van der Waals surface area contributed by atoms with Gasteiger partial charge in [-0.1, -0.05) is 6.07 Å². The number of hydrogen-bond acceptors (Lipinski definition) is 4. The Morgan fingerprint density at radius 1 is 1.17 bits per heavy atom. The Kier molecular flexibility index (Phi) is 4.52. The molecule has 23 heavy (non-hydrogen) atoms.